The lowest BCUT2D eigenvalue weighted by Crippen LogP contribution is -2.48. The lowest BCUT2D eigenvalue weighted by atomic mass is 9.74. The second-order valence-corrected chi connectivity index (χ2v) is 11.4. The van der Waals surface area contributed by atoms with E-state index in [2.05, 4.69) is 17.4 Å². The van der Waals surface area contributed by atoms with Crippen LogP contribution < -0.4 is 5.32 Å². The standard InChI is InChI=1S/C25H31ClN2O4S/c26-23-8-4-5-20(17-23)18-33(30,31)28-13-9-21(10-14-28)24(29)27-19-25(11-15-32-16-12-25)22-6-2-1-3-7-22/h1-8,17,21H,9-16,18-19H2,(H,27,29). The molecule has 0 unspecified atom stereocenters. The zero-order valence-corrected chi connectivity index (χ0v) is 20.3. The highest BCUT2D eigenvalue weighted by Gasteiger charge is 2.36. The number of nitrogens with one attached hydrogen (secondary N) is 1. The Hall–Kier alpha value is -1.93. The average molecular weight is 491 g/mol. The van der Waals surface area contributed by atoms with Crippen molar-refractivity contribution in [3.63, 3.8) is 0 Å². The summed E-state index contributed by atoms with van der Waals surface area (Å²) >= 11 is 5.99. The van der Waals surface area contributed by atoms with Crippen molar-refractivity contribution in [2.45, 2.75) is 36.9 Å². The van der Waals surface area contributed by atoms with Crippen molar-refractivity contribution in [1.29, 1.82) is 0 Å². The summed E-state index contributed by atoms with van der Waals surface area (Å²) < 4.78 is 32.8. The molecule has 6 nitrogen and oxygen atoms in total. The first-order valence-corrected chi connectivity index (χ1v) is 13.5. The lowest BCUT2D eigenvalue weighted by Gasteiger charge is -2.38. The molecular formula is C25H31ClN2O4S. The Labute approximate surface area is 201 Å². The third-order valence-electron chi connectivity index (χ3n) is 6.89. The van der Waals surface area contributed by atoms with E-state index in [-0.39, 0.29) is 23.0 Å². The molecule has 2 aliphatic heterocycles. The maximum atomic E-state index is 13.0. The molecule has 0 bridgehead atoms. The predicted molar refractivity (Wildman–Crippen MR) is 130 cm³/mol. The second kappa shape index (κ2) is 10.6. The smallest absolute Gasteiger partial charge is 0.223 e. The van der Waals surface area contributed by atoms with E-state index in [9.17, 15) is 13.2 Å². The van der Waals surface area contributed by atoms with Crippen LogP contribution >= 0.6 is 11.6 Å². The number of carbonyl (C=O) groups excluding carboxylic acids is 1. The van der Waals surface area contributed by atoms with Crippen molar-refractivity contribution in [1.82, 2.24) is 9.62 Å². The van der Waals surface area contributed by atoms with Crippen molar-refractivity contribution in [3.05, 3.63) is 70.7 Å². The monoisotopic (exact) mass is 490 g/mol. The highest BCUT2D eigenvalue weighted by atomic mass is 35.5. The molecule has 4 rings (SSSR count). The Morgan fingerprint density at radius 3 is 2.42 bits per heavy atom. The number of sulfonamides is 1. The van der Waals surface area contributed by atoms with E-state index in [1.807, 2.05) is 18.2 Å². The fourth-order valence-corrected chi connectivity index (χ4v) is 6.61. The Bertz CT molecular complexity index is 1050. The van der Waals surface area contributed by atoms with E-state index in [4.69, 9.17) is 16.3 Å². The van der Waals surface area contributed by atoms with Crippen LogP contribution in [-0.2, 0) is 30.7 Å². The molecular weight excluding hydrogens is 460 g/mol. The number of nitrogens with zero attached hydrogens (tertiary/aromatic N) is 1. The SMILES string of the molecule is O=C(NCC1(c2ccccc2)CCOCC1)C1CCN(S(=O)(=O)Cc2cccc(Cl)c2)CC1. The van der Waals surface area contributed by atoms with E-state index in [0.717, 1.165) is 12.8 Å². The average Bonchev–Trinajstić information content (AvgIpc) is 2.83. The maximum Gasteiger partial charge on any atom is 0.223 e. The molecule has 0 aliphatic carbocycles. The molecule has 1 N–H and O–H groups in total. The summed E-state index contributed by atoms with van der Waals surface area (Å²) in [4.78, 5) is 13.0. The minimum Gasteiger partial charge on any atom is -0.381 e. The predicted octanol–water partition coefficient (Wildman–Crippen LogP) is 3.75. The van der Waals surface area contributed by atoms with Crippen LogP contribution in [0.15, 0.2) is 54.6 Å². The van der Waals surface area contributed by atoms with E-state index in [1.165, 1.54) is 9.87 Å². The third kappa shape index (κ3) is 5.96. The van der Waals surface area contributed by atoms with Gasteiger partial charge in [-0.2, -0.15) is 0 Å². The number of rotatable bonds is 7. The van der Waals surface area contributed by atoms with Crippen molar-refractivity contribution in [2.24, 2.45) is 5.92 Å². The Balaban J connectivity index is 1.32. The summed E-state index contributed by atoms with van der Waals surface area (Å²) in [7, 11) is -3.45. The molecule has 2 saturated heterocycles. The molecule has 1 amide bonds. The van der Waals surface area contributed by atoms with Gasteiger partial charge in [-0.25, -0.2) is 12.7 Å². The van der Waals surface area contributed by atoms with Gasteiger partial charge in [0.15, 0.2) is 0 Å². The Morgan fingerprint density at radius 2 is 1.76 bits per heavy atom. The van der Waals surface area contributed by atoms with Crippen molar-refractivity contribution >= 4 is 27.5 Å². The van der Waals surface area contributed by atoms with Crippen LogP contribution in [0.25, 0.3) is 0 Å². The van der Waals surface area contributed by atoms with Crippen LogP contribution in [0.4, 0.5) is 0 Å². The number of hydrogen-bond acceptors (Lipinski definition) is 4. The van der Waals surface area contributed by atoms with Crippen LogP contribution in [0.5, 0.6) is 0 Å². The summed E-state index contributed by atoms with van der Waals surface area (Å²) in [5.74, 6) is -0.231. The first-order valence-electron chi connectivity index (χ1n) is 11.5. The van der Waals surface area contributed by atoms with Gasteiger partial charge < -0.3 is 10.1 Å². The Kier molecular flexibility index (Phi) is 7.74. The quantitative estimate of drug-likeness (QED) is 0.641. The first-order chi connectivity index (χ1) is 15.9. The van der Waals surface area contributed by atoms with Crippen molar-refractivity contribution in [2.75, 3.05) is 32.8 Å². The molecule has 2 fully saturated rings. The summed E-state index contributed by atoms with van der Waals surface area (Å²) in [6.07, 6.45) is 2.80. The van der Waals surface area contributed by atoms with Gasteiger partial charge in [-0.15, -0.1) is 0 Å². The number of piperidine rings is 1. The molecule has 0 spiro atoms. The normalized spacial score (nSPS) is 19.8. The van der Waals surface area contributed by atoms with Crippen molar-refractivity contribution < 1.29 is 17.9 Å². The van der Waals surface area contributed by atoms with E-state index in [1.54, 1.807) is 24.3 Å². The molecule has 178 valence electrons. The highest BCUT2D eigenvalue weighted by Crippen LogP contribution is 2.34. The zero-order chi connectivity index (χ0) is 23.3. The van der Waals surface area contributed by atoms with Gasteiger partial charge in [0.1, 0.15) is 0 Å². The topological polar surface area (TPSA) is 75.7 Å². The molecule has 33 heavy (non-hydrogen) atoms. The lowest BCUT2D eigenvalue weighted by molar-refractivity contribution is -0.126. The molecule has 8 heteroatoms. The van der Waals surface area contributed by atoms with Crippen LogP contribution in [0, 0.1) is 5.92 Å². The van der Waals surface area contributed by atoms with Gasteiger partial charge in [0.25, 0.3) is 0 Å². The van der Waals surface area contributed by atoms with E-state index >= 15 is 0 Å². The largest absolute Gasteiger partial charge is 0.381 e. The van der Waals surface area contributed by atoms with Crippen LogP contribution in [0.3, 0.4) is 0 Å². The van der Waals surface area contributed by atoms with Gasteiger partial charge in [0.2, 0.25) is 15.9 Å². The highest BCUT2D eigenvalue weighted by molar-refractivity contribution is 7.88. The van der Waals surface area contributed by atoms with Gasteiger partial charge in [0, 0.05) is 49.2 Å². The summed E-state index contributed by atoms with van der Waals surface area (Å²) in [6, 6.07) is 17.3. The van der Waals surface area contributed by atoms with E-state index in [0.29, 0.717) is 56.3 Å². The van der Waals surface area contributed by atoms with Gasteiger partial charge >= 0.3 is 0 Å². The van der Waals surface area contributed by atoms with Crippen molar-refractivity contribution in [3.8, 4) is 0 Å². The molecule has 2 heterocycles. The zero-order valence-electron chi connectivity index (χ0n) is 18.7. The molecule has 2 aromatic rings. The van der Waals surface area contributed by atoms with Crippen LogP contribution in [0.1, 0.15) is 36.8 Å². The maximum absolute atomic E-state index is 13.0. The molecule has 0 aromatic heterocycles. The fraction of sp³-hybridized carbons (Fsp3) is 0.480. The summed E-state index contributed by atoms with van der Waals surface area (Å²) in [6.45, 7) is 2.67. The number of carbonyl (C=O) groups is 1. The molecule has 0 atom stereocenters. The fourth-order valence-electron chi connectivity index (χ4n) is 4.85. The van der Waals surface area contributed by atoms with Crippen LogP contribution in [0.2, 0.25) is 5.02 Å². The van der Waals surface area contributed by atoms with Crippen LogP contribution in [-0.4, -0.2) is 51.5 Å². The number of halogens is 1. The molecule has 0 radical (unpaired) electrons. The number of benzene rings is 2. The molecule has 2 aliphatic rings. The molecule has 0 saturated carbocycles. The number of ether oxygens (including phenoxy) is 1. The summed E-state index contributed by atoms with van der Waals surface area (Å²) in [5.41, 5.74) is 1.79. The van der Waals surface area contributed by atoms with E-state index < -0.39 is 10.0 Å². The summed E-state index contributed by atoms with van der Waals surface area (Å²) in [5, 5.41) is 3.71. The number of hydrogen-bond donors (Lipinski definition) is 1. The Morgan fingerprint density at radius 1 is 1.06 bits per heavy atom. The van der Waals surface area contributed by atoms with Gasteiger partial charge in [0.05, 0.1) is 5.75 Å². The number of amides is 1. The minimum atomic E-state index is -3.45. The van der Waals surface area contributed by atoms with Gasteiger partial charge in [-0.05, 0) is 48.9 Å². The van der Waals surface area contributed by atoms with Gasteiger partial charge in [-0.3, -0.25) is 4.79 Å². The third-order valence-corrected chi connectivity index (χ3v) is 8.98. The first kappa shape index (κ1) is 24.2. The van der Waals surface area contributed by atoms with Gasteiger partial charge in [-0.1, -0.05) is 54.1 Å². The minimum absolute atomic E-state index is 0.0173. The molecule has 2 aromatic carbocycles. The second-order valence-electron chi connectivity index (χ2n) is 9.04.